The van der Waals surface area contributed by atoms with Crippen molar-refractivity contribution in [2.75, 3.05) is 13.1 Å². The van der Waals surface area contributed by atoms with Crippen molar-refractivity contribution in [2.45, 2.75) is 38.1 Å². The van der Waals surface area contributed by atoms with Gasteiger partial charge < -0.3 is 10.6 Å². The Morgan fingerprint density at radius 2 is 1.93 bits per heavy atom. The number of likely N-dealkylation sites (tertiary alicyclic amines) is 1. The summed E-state index contributed by atoms with van der Waals surface area (Å²) in [5.41, 5.74) is 9.22. The van der Waals surface area contributed by atoms with Crippen LogP contribution < -0.4 is 5.73 Å². The molecule has 5 rings (SSSR count). The van der Waals surface area contributed by atoms with E-state index in [1.165, 1.54) is 24.9 Å². The number of carbonyl (C=O) groups is 1. The normalized spacial score (nSPS) is 20.7. The summed E-state index contributed by atoms with van der Waals surface area (Å²) in [5.74, 6) is -0.523. The van der Waals surface area contributed by atoms with Crippen LogP contribution in [0.25, 0.3) is 22.0 Å². The molecule has 2 N–H and O–H groups in total. The SMILES string of the molecule is NC1CCCC12CCN(C(=O)c1cc(F)cc(-c3ccc4cncnc4c3)c1)CC2. The van der Waals surface area contributed by atoms with Crippen molar-refractivity contribution in [2.24, 2.45) is 11.1 Å². The predicted molar refractivity (Wildman–Crippen MR) is 114 cm³/mol. The number of carbonyl (C=O) groups excluding carboxylic acids is 1. The van der Waals surface area contributed by atoms with Crippen LogP contribution in [0.2, 0.25) is 0 Å². The van der Waals surface area contributed by atoms with E-state index in [9.17, 15) is 9.18 Å². The smallest absolute Gasteiger partial charge is 0.253 e. The number of hydrogen-bond donors (Lipinski definition) is 1. The molecule has 2 fully saturated rings. The minimum Gasteiger partial charge on any atom is -0.339 e. The Balaban J connectivity index is 1.40. The molecule has 1 aliphatic heterocycles. The Labute approximate surface area is 175 Å². The minimum atomic E-state index is -0.412. The van der Waals surface area contributed by atoms with Gasteiger partial charge in [-0.2, -0.15) is 0 Å². The first kappa shape index (κ1) is 19.1. The van der Waals surface area contributed by atoms with E-state index in [0.717, 1.165) is 42.1 Å². The number of piperidine rings is 1. The zero-order chi connectivity index (χ0) is 20.7. The van der Waals surface area contributed by atoms with Gasteiger partial charge in [0.1, 0.15) is 12.1 Å². The molecule has 154 valence electrons. The summed E-state index contributed by atoms with van der Waals surface area (Å²) in [7, 11) is 0. The fourth-order valence-electron chi connectivity index (χ4n) is 5.16. The predicted octanol–water partition coefficient (Wildman–Crippen LogP) is 4.17. The van der Waals surface area contributed by atoms with Crippen LogP contribution in [0, 0.1) is 11.2 Å². The molecule has 30 heavy (non-hydrogen) atoms. The van der Waals surface area contributed by atoms with E-state index in [1.54, 1.807) is 12.3 Å². The lowest BCUT2D eigenvalue weighted by atomic mass is 9.74. The Kier molecular flexibility index (Phi) is 4.74. The van der Waals surface area contributed by atoms with Gasteiger partial charge in [-0.15, -0.1) is 0 Å². The van der Waals surface area contributed by atoms with Crippen LogP contribution in [0.3, 0.4) is 0 Å². The van der Waals surface area contributed by atoms with Crippen LogP contribution in [-0.2, 0) is 0 Å². The third-order valence-corrected chi connectivity index (χ3v) is 7.01. The van der Waals surface area contributed by atoms with E-state index in [0.29, 0.717) is 24.2 Å². The van der Waals surface area contributed by atoms with Gasteiger partial charge in [0.25, 0.3) is 5.91 Å². The molecule has 6 heteroatoms. The Bertz CT molecular complexity index is 1110. The number of amides is 1. The van der Waals surface area contributed by atoms with Crippen molar-refractivity contribution in [3.8, 4) is 11.1 Å². The van der Waals surface area contributed by atoms with Crippen LogP contribution in [0.1, 0.15) is 42.5 Å². The van der Waals surface area contributed by atoms with E-state index in [2.05, 4.69) is 9.97 Å². The lowest BCUT2D eigenvalue weighted by Gasteiger charge is -2.42. The van der Waals surface area contributed by atoms with Crippen LogP contribution in [0.5, 0.6) is 0 Å². The average Bonchev–Trinajstić information content (AvgIpc) is 3.12. The van der Waals surface area contributed by atoms with Crippen LogP contribution in [0.4, 0.5) is 4.39 Å². The van der Waals surface area contributed by atoms with E-state index >= 15 is 0 Å². The molecule has 1 amide bonds. The molecule has 1 unspecified atom stereocenters. The number of halogens is 1. The van der Waals surface area contributed by atoms with E-state index in [4.69, 9.17) is 5.73 Å². The number of benzene rings is 2. The second-order valence-corrected chi connectivity index (χ2v) is 8.68. The highest BCUT2D eigenvalue weighted by Crippen LogP contribution is 2.45. The van der Waals surface area contributed by atoms with Gasteiger partial charge in [-0.25, -0.2) is 14.4 Å². The van der Waals surface area contributed by atoms with E-state index in [1.807, 2.05) is 23.1 Å². The number of aromatic nitrogens is 2. The summed E-state index contributed by atoms with van der Waals surface area (Å²) >= 11 is 0. The van der Waals surface area contributed by atoms with Gasteiger partial charge in [0.05, 0.1) is 5.52 Å². The molecule has 1 atom stereocenters. The molecule has 0 bridgehead atoms. The molecule has 2 aromatic carbocycles. The standard InChI is InChI=1S/C24H25FN4O/c25-20-11-18(16-3-4-17-14-27-15-28-21(17)13-16)10-19(12-20)23(30)29-8-6-24(7-9-29)5-1-2-22(24)26/h3-4,10-15,22H,1-2,5-9,26H2. The maximum atomic E-state index is 14.4. The second-order valence-electron chi connectivity index (χ2n) is 8.68. The fourth-order valence-corrected chi connectivity index (χ4v) is 5.16. The third-order valence-electron chi connectivity index (χ3n) is 7.01. The molecule has 1 aromatic heterocycles. The van der Waals surface area contributed by atoms with Gasteiger partial charge in [0.15, 0.2) is 0 Å². The molecule has 1 aliphatic carbocycles. The molecule has 2 aliphatic rings. The molecule has 3 aromatic rings. The zero-order valence-corrected chi connectivity index (χ0v) is 16.9. The lowest BCUT2D eigenvalue weighted by molar-refractivity contribution is 0.0556. The summed E-state index contributed by atoms with van der Waals surface area (Å²) in [6, 6.07) is 10.5. The van der Waals surface area contributed by atoms with Crippen molar-refractivity contribution >= 4 is 16.8 Å². The number of nitrogens with zero attached hydrogens (tertiary/aromatic N) is 3. The van der Waals surface area contributed by atoms with Gasteiger partial charge in [0, 0.05) is 36.3 Å². The molecule has 1 spiro atoms. The van der Waals surface area contributed by atoms with Gasteiger partial charge in [-0.05, 0) is 66.5 Å². The van der Waals surface area contributed by atoms with Crippen molar-refractivity contribution in [1.82, 2.24) is 14.9 Å². The van der Waals surface area contributed by atoms with Crippen LogP contribution in [-0.4, -0.2) is 39.9 Å². The highest BCUT2D eigenvalue weighted by Gasteiger charge is 2.43. The number of rotatable bonds is 2. The number of hydrogen-bond acceptors (Lipinski definition) is 4. The first-order valence-corrected chi connectivity index (χ1v) is 10.6. The fraction of sp³-hybridized carbons (Fsp3) is 0.375. The minimum absolute atomic E-state index is 0.111. The Hall–Kier alpha value is -2.86. The zero-order valence-electron chi connectivity index (χ0n) is 16.9. The summed E-state index contributed by atoms with van der Waals surface area (Å²) < 4.78 is 14.4. The van der Waals surface area contributed by atoms with Crippen molar-refractivity contribution in [3.63, 3.8) is 0 Å². The monoisotopic (exact) mass is 404 g/mol. The van der Waals surface area contributed by atoms with E-state index < -0.39 is 5.82 Å². The first-order chi connectivity index (χ1) is 14.5. The first-order valence-electron chi connectivity index (χ1n) is 10.6. The molecule has 0 radical (unpaired) electrons. The quantitative estimate of drug-likeness (QED) is 0.696. The molecular formula is C24H25FN4O. The maximum absolute atomic E-state index is 14.4. The lowest BCUT2D eigenvalue weighted by Crippen LogP contribution is -2.48. The highest BCUT2D eigenvalue weighted by molar-refractivity contribution is 5.96. The summed E-state index contributed by atoms with van der Waals surface area (Å²) in [5, 5.41) is 0.918. The van der Waals surface area contributed by atoms with Crippen LogP contribution >= 0.6 is 0 Å². The van der Waals surface area contributed by atoms with Crippen molar-refractivity contribution in [1.29, 1.82) is 0 Å². The summed E-state index contributed by atoms with van der Waals surface area (Å²) in [6.07, 6.45) is 8.53. The number of fused-ring (bicyclic) bond motifs is 1. The average molecular weight is 404 g/mol. The topological polar surface area (TPSA) is 72.1 Å². The van der Waals surface area contributed by atoms with Gasteiger partial charge in [-0.1, -0.05) is 18.6 Å². The summed E-state index contributed by atoms with van der Waals surface area (Å²) in [4.78, 5) is 23.3. The number of nitrogens with two attached hydrogens (primary N) is 1. The second kappa shape index (κ2) is 7.43. The Morgan fingerprint density at radius 3 is 2.70 bits per heavy atom. The van der Waals surface area contributed by atoms with Crippen molar-refractivity contribution < 1.29 is 9.18 Å². The van der Waals surface area contributed by atoms with E-state index in [-0.39, 0.29) is 17.4 Å². The van der Waals surface area contributed by atoms with Crippen molar-refractivity contribution in [3.05, 3.63) is 60.3 Å². The molecule has 2 heterocycles. The highest BCUT2D eigenvalue weighted by atomic mass is 19.1. The van der Waals surface area contributed by atoms with Gasteiger partial charge in [0.2, 0.25) is 0 Å². The third kappa shape index (κ3) is 3.35. The van der Waals surface area contributed by atoms with Crippen LogP contribution in [0.15, 0.2) is 48.9 Å². The molecular weight excluding hydrogens is 379 g/mol. The Morgan fingerprint density at radius 1 is 1.10 bits per heavy atom. The summed E-state index contributed by atoms with van der Waals surface area (Å²) in [6.45, 7) is 1.37. The molecule has 5 nitrogen and oxygen atoms in total. The van der Waals surface area contributed by atoms with Gasteiger partial charge in [-0.3, -0.25) is 4.79 Å². The molecule has 1 saturated carbocycles. The van der Waals surface area contributed by atoms with Gasteiger partial charge >= 0.3 is 0 Å². The molecule has 1 saturated heterocycles. The largest absolute Gasteiger partial charge is 0.339 e. The maximum Gasteiger partial charge on any atom is 0.253 e.